The predicted molar refractivity (Wildman–Crippen MR) is 114 cm³/mol. The highest BCUT2D eigenvalue weighted by molar-refractivity contribution is 7.89. The van der Waals surface area contributed by atoms with Crippen LogP contribution in [0.3, 0.4) is 0 Å². The van der Waals surface area contributed by atoms with E-state index < -0.39 is 33.4 Å². The molecule has 1 aliphatic carbocycles. The lowest BCUT2D eigenvalue weighted by molar-refractivity contribution is -0.134. The Labute approximate surface area is 187 Å². The molecule has 3 aliphatic rings. The van der Waals surface area contributed by atoms with E-state index in [1.807, 2.05) is 6.92 Å². The van der Waals surface area contributed by atoms with E-state index in [2.05, 4.69) is 10.7 Å². The monoisotopic (exact) mass is 464 g/mol. The third kappa shape index (κ3) is 4.00. The molecule has 0 bridgehead atoms. The van der Waals surface area contributed by atoms with Crippen molar-refractivity contribution >= 4 is 27.9 Å². The lowest BCUT2D eigenvalue weighted by Gasteiger charge is -2.30. The first-order valence-electron chi connectivity index (χ1n) is 11.0. The molecule has 32 heavy (non-hydrogen) atoms. The lowest BCUT2D eigenvalue weighted by atomic mass is 9.82. The van der Waals surface area contributed by atoms with Crippen molar-refractivity contribution in [1.29, 1.82) is 0 Å². The molecule has 1 aromatic carbocycles. The van der Waals surface area contributed by atoms with Crippen molar-refractivity contribution in [1.82, 2.24) is 20.1 Å². The summed E-state index contributed by atoms with van der Waals surface area (Å²) in [6.07, 6.45) is 4.20. The number of benzene rings is 1. The minimum absolute atomic E-state index is 0.0514. The van der Waals surface area contributed by atoms with Crippen molar-refractivity contribution in [3.8, 4) is 0 Å². The van der Waals surface area contributed by atoms with Crippen LogP contribution in [0, 0.1) is 0 Å². The van der Waals surface area contributed by atoms with Crippen molar-refractivity contribution in [2.75, 3.05) is 26.3 Å². The Bertz CT molecular complexity index is 1030. The van der Waals surface area contributed by atoms with E-state index in [-0.39, 0.29) is 23.5 Å². The molecule has 0 radical (unpaired) electrons. The van der Waals surface area contributed by atoms with Gasteiger partial charge in [-0.25, -0.2) is 13.2 Å². The Morgan fingerprint density at radius 3 is 2.50 bits per heavy atom. The predicted octanol–water partition coefficient (Wildman–Crippen LogP) is 1.17. The molecule has 2 saturated heterocycles. The third-order valence-electron chi connectivity index (χ3n) is 6.38. The molecule has 10 nitrogen and oxygen atoms in total. The van der Waals surface area contributed by atoms with E-state index in [0.29, 0.717) is 38.0 Å². The second-order valence-electron chi connectivity index (χ2n) is 8.35. The van der Waals surface area contributed by atoms with Crippen LogP contribution in [0.4, 0.5) is 4.79 Å². The number of imide groups is 1. The van der Waals surface area contributed by atoms with Gasteiger partial charge in [0, 0.05) is 18.7 Å². The Morgan fingerprint density at radius 2 is 1.84 bits per heavy atom. The zero-order chi connectivity index (χ0) is 22.9. The number of hydrazine groups is 1. The highest BCUT2D eigenvalue weighted by Crippen LogP contribution is 2.33. The molecule has 1 spiro atoms. The van der Waals surface area contributed by atoms with Gasteiger partial charge in [0.05, 0.1) is 18.1 Å². The number of hydrogen-bond acceptors (Lipinski definition) is 6. The van der Waals surface area contributed by atoms with E-state index >= 15 is 0 Å². The van der Waals surface area contributed by atoms with Crippen molar-refractivity contribution in [2.24, 2.45) is 0 Å². The molecule has 2 N–H and O–H groups in total. The Kier molecular flexibility index (Phi) is 6.24. The summed E-state index contributed by atoms with van der Waals surface area (Å²) < 4.78 is 33.0. The fourth-order valence-corrected chi connectivity index (χ4v) is 6.26. The molecular formula is C21H28N4O6S. The average Bonchev–Trinajstić information content (AvgIpc) is 3.03. The highest BCUT2D eigenvalue weighted by atomic mass is 32.2. The van der Waals surface area contributed by atoms with Gasteiger partial charge >= 0.3 is 6.03 Å². The van der Waals surface area contributed by atoms with Crippen molar-refractivity contribution in [2.45, 2.75) is 55.9 Å². The molecular weight excluding hydrogens is 436 g/mol. The van der Waals surface area contributed by atoms with Crippen LogP contribution in [0.2, 0.25) is 0 Å². The number of ether oxygens (including phenoxy) is 1. The van der Waals surface area contributed by atoms with Crippen LogP contribution < -0.4 is 10.7 Å². The maximum absolute atomic E-state index is 13.2. The van der Waals surface area contributed by atoms with Gasteiger partial charge in [-0.3, -0.25) is 15.0 Å². The zero-order valence-electron chi connectivity index (χ0n) is 18.1. The fraction of sp³-hybridized carbons (Fsp3) is 0.571. The SMILES string of the molecule is CCc1ccc(C(=O)NN2C(=O)NC3(CCCCC3)C2=O)cc1S(=O)(=O)N1CCOCC1. The number of hydrogen-bond donors (Lipinski definition) is 2. The van der Waals surface area contributed by atoms with E-state index in [4.69, 9.17) is 4.74 Å². The van der Waals surface area contributed by atoms with Gasteiger partial charge in [0.25, 0.3) is 11.8 Å². The molecule has 174 valence electrons. The summed E-state index contributed by atoms with van der Waals surface area (Å²) in [7, 11) is -3.82. The van der Waals surface area contributed by atoms with Gasteiger partial charge in [-0.1, -0.05) is 32.3 Å². The molecule has 1 aromatic rings. The van der Waals surface area contributed by atoms with Crippen molar-refractivity contribution in [3.63, 3.8) is 0 Å². The molecule has 4 amide bonds. The van der Waals surface area contributed by atoms with E-state index in [0.717, 1.165) is 24.3 Å². The van der Waals surface area contributed by atoms with Gasteiger partial charge in [0.15, 0.2) is 0 Å². The lowest BCUT2D eigenvalue weighted by Crippen LogP contribution is -2.51. The van der Waals surface area contributed by atoms with Crippen molar-refractivity contribution in [3.05, 3.63) is 29.3 Å². The van der Waals surface area contributed by atoms with Crippen LogP contribution >= 0.6 is 0 Å². The summed E-state index contributed by atoms with van der Waals surface area (Å²) in [6, 6.07) is 3.74. The maximum Gasteiger partial charge on any atom is 0.344 e. The number of nitrogens with zero attached hydrogens (tertiary/aromatic N) is 2. The third-order valence-corrected chi connectivity index (χ3v) is 8.36. The minimum atomic E-state index is -3.82. The number of amides is 4. The zero-order valence-corrected chi connectivity index (χ0v) is 18.9. The average molecular weight is 465 g/mol. The van der Waals surface area contributed by atoms with Crippen molar-refractivity contribution < 1.29 is 27.5 Å². The quantitative estimate of drug-likeness (QED) is 0.630. The number of urea groups is 1. The topological polar surface area (TPSA) is 125 Å². The second-order valence-corrected chi connectivity index (χ2v) is 10.3. The van der Waals surface area contributed by atoms with Crippen LogP contribution in [0.5, 0.6) is 0 Å². The number of morpholine rings is 1. The Balaban J connectivity index is 1.57. The van der Waals surface area contributed by atoms with Gasteiger partial charge in [0.2, 0.25) is 10.0 Å². The summed E-state index contributed by atoms with van der Waals surface area (Å²) in [5.41, 5.74) is 2.05. The smallest absolute Gasteiger partial charge is 0.344 e. The summed E-state index contributed by atoms with van der Waals surface area (Å²) >= 11 is 0. The van der Waals surface area contributed by atoms with Crippen LogP contribution in [0.15, 0.2) is 23.1 Å². The molecule has 2 aliphatic heterocycles. The highest BCUT2D eigenvalue weighted by Gasteiger charge is 2.52. The molecule has 3 fully saturated rings. The van der Waals surface area contributed by atoms with E-state index in [1.165, 1.54) is 16.4 Å². The first-order valence-corrected chi connectivity index (χ1v) is 12.4. The fourth-order valence-electron chi connectivity index (χ4n) is 4.54. The van der Waals surface area contributed by atoms with Crippen LogP contribution in [-0.4, -0.2) is 67.4 Å². The molecule has 0 aromatic heterocycles. The number of carbonyl (C=O) groups excluding carboxylic acids is 3. The van der Waals surface area contributed by atoms with Crippen LogP contribution in [-0.2, 0) is 26.0 Å². The summed E-state index contributed by atoms with van der Waals surface area (Å²) in [4.78, 5) is 38.3. The standard InChI is InChI=1S/C21H28N4O6S/c1-2-15-6-7-16(14-17(15)32(29,30)24-10-12-31-13-11-24)18(26)23-25-19(27)21(22-20(25)28)8-4-3-5-9-21/h6-7,14H,2-5,8-13H2,1H3,(H,22,28)(H,23,26). The Morgan fingerprint density at radius 1 is 1.16 bits per heavy atom. The maximum atomic E-state index is 13.2. The molecule has 0 atom stereocenters. The number of nitrogens with one attached hydrogen (secondary N) is 2. The molecule has 4 rings (SSSR count). The van der Waals surface area contributed by atoms with Gasteiger partial charge in [-0.2, -0.15) is 9.31 Å². The first-order chi connectivity index (χ1) is 15.3. The van der Waals surface area contributed by atoms with Gasteiger partial charge in [0.1, 0.15) is 5.54 Å². The number of rotatable bonds is 5. The number of sulfonamides is 1. The Hall–Kier alpha value is -2.50. The number of carbonyl (C=O) groups is 3. The summed E-state index contributed by atoms with van der Waals surface area (Å²) in [6.45, 7) is 2.95. The van der Waals surface area contributed by atoms with E-state index in [9.17, 15) is 22.8 Å². The van der Waals surface area contributed by atoms with E-state index in [1.54, 1.807) is 6.07 Å². The van der Waals surface area contributed by atoms with Crippen LogP contribution in [0.25, 0.3) is 0 Å². The number of aryl methyl sites for hydroxylation is 1. The van der Waals surface area contributed by atoms with Gasteiger partial charge < -0.3 is 10.1 Å². The molecule has 2 heterocycles. The molecule has 1 saturated carbocycles. The van der Waals surface area contributed by atoms with Crippen LogP contribution in [0.1, 0.15) is 54.9 Å². The summed E-state index contributed by atoms with van der Waals surface area (Å²) in [5.74, 6) is -1.19. The first kappa shape index (κ1) is 22.7. The largest absolute Gasteiger partial charge is 0.379 e. The second kappa shape index (κ2) is 8.80. The molecule has 0 unspecified atom stereocenters. The minimum Gasteiger partial charge on any atom is -0.379 e. The molecule has 11 heteroatoms. The summed E-state index contributed by atoms with van der Waals surface area (Å²) in [5, 5.41) is 3.45. The normalized spacial score (nSPS) is 21.6. The van der Waals surface area contributed by atoms with Gasteiger partial charge in [-0.15, -0.1) is 0 Å². The van der Waals surface area contributed by atoms with Gasteiger partial charge in [-0.05, 0) is 37.0 Å².